The Hall–Kier alpha value is -8.87. The maximum Gasteiger partial charge on any atom is 0.338 e. The van der Waals surface area contributed by atoms with Crippen molar-refractivity contribution in [3.63, 3.8) is 0 Å². The van der Waals surface area contributed by atoms with E-state index in [1.165, 1.54) is 48.5 Å². The lowest BCUT2D eigenvalue weighted by Crippen LogP contribution is -2.33. The number of esters is 7. The van der Waals surface area contributed by atoms with Gasteiger partial charge in [0.2, 0.25) is 0 Å². The summed E-state index contributed by atoms with van der Waals surface area (Å²) in [6.07, 6.45) is -2.13. The van der Waals surface area contributed by atoms with E-state index >= 15 is 0 Å². The van der Waals surface area contributed by atoms with Crippen molar-refractivity contribution in [1.29, 1.82) is 0 Å². The van der Waals surface area contributed by atoms with E-state index in [4.69, 9.17) is 93.8 Å². The summed E-state index contributed by atoms with van der Waals surface area (Å²) in [6, 6.07) is 47.0. The Morgan fingerprint density at radius 1 is 0.396 bits per heavy atom. The minimum Gasteiger partial charge on any atom is -0.490 e. The van der Waals surface area contributed by atoms with Crippen LogP contribution in [0.5, 0.6) is 17.2 Å². The molecule has 0 aliphatic rings. The summed E-state index contributed by atoms with van der Waals surface area (Å²) in [5, 5.41) is 2.24. The van der Waals surface area contributed by atoms with Gasteiger partial charge in [-0.05, 0) is 149 Å². The van der Waals surface area contributed by atoms with Gasteiger partial charge in [0.05, 0.1) is 36.8 Å². The average molecular weight is 1390 g/mol. The van der Waals surface area contributed by atoms with Gasteiger partial charge in [0.25, 0.3) is 0 Å². The van der Waals surface area contributed by atoms with Crippen molar-refractivity contribution in [2.24, 2.45) is 0 Å². The molecule has 21 heteroatoms. The van der Waals surface area contributed by atoms with Gasteiger partial charge in [-0.3, -0.25) is 19.2 Å². The van der Waals surface area contributed by atoms with E-state index in [1.807, 2.05) is 90.1 Å². The van der Waals surface area contributed by atoms with Crippen LogP contribution in [0.3, 0.4) is 0 Å². The van der Waals surface area contributed by atoms with Crippen molar-refractivity contribution in [3.05, 3.63) is 242 Å². The molecule has 0 aromatic heterocycles. The standard InChI is InChI=1S/C75H76Cl4O17/c1-8-67(80)90-41-50-9-31-61(32-10-50)89-44-66(96-73(86)54-17-35-63(36-18-54)88-43-65(46-92-69(82)38-49(3)52-13-25-58(77)26-14-52)95-71(84)40-75(6,7)56-21-29-60(79)30-22-56)47-93-72(85)53-15-33-62(34-16-53)87-42-64(45-91-68(81)37-48(2)51-11-23-57(76)24-12-51)94-70(83)39-74(4,5)55-19-27-59(78)28-20-55/h8-36,48-49,64-66H,1,37-47H2,2-7H3. The first-order chi connectivity index (χ1) is 45.8. The molecule has 7 rings (SSSR count). The lowest BCUT2D eigenvalue weighted by atomic mass is 9.82. The number of hydrogen-bond acceptors (Lipinski definition) is 17. The van der Waals surface area contributed by atoms with E-state index < -0.39 is 77.5 Å². The van der Waals surface area contributed by atoms with Crippen molar-refractivity contribution in [1.82, 2.24) is 0 Å². The summed E-state index contributed by atoms with van der Waals surface area (Å²) in [5.41, 5.74) is 3.06. The summed E-state index contributed by atoms with van der Waals surface area (Å²) in [4.78, 5) is 92.5. The molecule has 0 amide bonds. The van der Waals surface area contributed by atoms with Crippen molar-refractivity contribution >= 4 is 88.2 Å². The summed E-state index contributed by atoms with van der Waals surface area (Å²) in [7, 11) is 0. The molecule has 0 radical (unpaired) electrons. The molecule has 96 heavy (non-hydrogen) atoms. The van der Waals surface area contributed by atoms with Crippen molar-refractivity contribution < 1.29 is 80.9 Å². The average Bonchev–Trinajstić information content (AvgIpc) is 0.872. The Labute approximate surface area is 579 Å². The highest BCUT2D eigenvalue weighted by Crippen LogP contribution is 2.32. The fourth-order valence-corrected chi connectivity index (χ4v) is 10.2. The number of carbonyl (C=O) groups excluding carboxylic acids is 7. The molecule has 5 atom stereocenters. The zero-order valence-corrected chi connectivity index (χ0v) is 57.1. The smallest absolute Gasteiger partial charge is 0.338 e. The van der Waals surface area contributed by atoms with E-state index in [9.17, 15) is 33.6 Å². The third-order valence-electron chi connectivity index (χ3n) is 15.3. The van der Waals surface area contributed by atoms with Gasteiger partial charge in [0.1, 0.15) is 63.5 Å². The Morgan fingerprint density at radius 3 is 1.10 bits per heavy atom. The zero-order valence-electron chi connectivity index (χ0n) is 54.1. The molecule has 5 unspecified atom stereocenters. The van der Waals surface area contributed by atoms with E-state index in [1.54, 1.807) is 72.8 Å². The lowest BCUT2D eigenvalue weighted by molar-refractivity contribution is -0.162. The number of carbonyl (C=O) groups is 7. The summed E-state index contributed by atoms with van der Waals surface area (Å²) < 4.78 is 57.9. The van der Waals surface area contributed by atoms with Gasteiger partial charge in [0.15, 0.2) is 18.3 Å². The molecule has 0 bridgehead atoms. The minimum absolute atomic E-state index is 0.0114. The first-order valence-corrected chi connectivity index (χ1v) is 32.4. The number of benzene rings is 7. The molecule has 7 aromatic carbocycles. The molecule has 0 spiro atoms. The Kier molecular flexibility index (Phi) is 28.2. The largest absolute Gasteiger partial charge is 0.490 e. The van der Waals surface area contributed by atoms with Gasteiger partial charge in [-0.15, -0.1) is 0 Å². The van der Waals surface area contributed by atoms with E-state index in [0.717, 1.165) is 28.3 Å². The van der Waals surface area contributed by atoms with Crippen LogP contribution in [0.25, 0.3) is 0 Å². The van der Waals surface area contributed by atoms with Crippen molar-refractivity contribution in [2.75, 3.05) is 39.6 Å². The topological polar surface area (TPSA) is 212 Å². The SMILES string of the molecule is C=CC(=O)OCc1ccc(OCC(COC(=O)c2ccc(OCC(COC(=O)CC(C)c3ccc(Cl)cc3)OC(=O)CC(C)(C)c3ccc(Cl)cc3)cc2)OC(=O)c2ccc(OCC(COC(=O)CC(C)c3ccc(Cl)cc3)OC(=O)CC(C)(C)c3ccc(Cl)cc3)cc2)cc1. The van der Waals surface area contributed by atoms with Gasteiger partial charge >= 0.3 is 41.8 Å². The molecule has 0 aliphatic carbocycles. The second kappa shape index (κ2) is 36.3. The molecule has 506 valence electrons. The van der Waals surface area contributed by atoms with Crippen LogP contribution < -0.4 is 14.2 Å². The highest BCUT2D eigenvalue weighted by atomic mass is 35.5. The van der Waals surface area contributed by atoms with Crippen LogP contribution in [0.2, 0.25) is 20.1 Å². The quantitative estimate of drug-likeness (QED) is 0.0205. The second-order valence-corrected chi connectivity index (χ2v) is 25.8. The molecular formula is C75H76Cl4O17. The third kappa shape index (κ3) is 24.7. The fraction of sp³-hybridized carbons (Fsp3) is 0.320. The fourth-order valence-electron chi connectivity index (χ4n) is 9.65. The van der Waals surface area contributed by atoms with Gasteiger partial charge in [-0.1, -0.05) is 155 Å². The molecular weight excluding hydrogens is 1310 g/mol. The highest BCUT2D eigenvalue weighted by Gasteiger charge is 2.31. The molecule has 0 saturated heterocycles. The first-order valence-electron chi connectivity index (χ1n) is 30.9. The van der Waals surface area contributed by atoms with Crippen molar-refractivity contribution in [3.8, 4) is 17.2 Å². The number of halogens is 4. The normalized spacial score (nSPS) is 12.9. The van der Waals surface area contributed by atoms with Gasteiger partial charge < -0.3 is 47.4 Å². The summed E-state index contributed by atoms with van der Waals surface area (Å²) in [5.74, 6) is -3.81. The van der Waals surface area contributed by atoms with Crippen molar-refractivity contribution in [2.45, 2.75) is 115 Å². The number of ether oxygens (including phenoxy) is 10. The van der Waals surface area contributed by atoms with E-state index in [2.05, 4.69) is 6.58 Å². The third-order valence-corrected chi connectivity index (χ3v) is 16.3. The van der Waals surface area contributed by atoms with Crippen LogP contribution in [0.15, 0.2) is 183 Å². The lowest BCUT2D eigenvalue weighted by Gasteiger charge is -2.26. The molecule has 0 N–H and O–H groups in total. The van der Waals surface area contributed by atoms with Crippen LogP contribution >= 0.6 is 46.4 Å². The minimum atomic E-state index is -1.17. The summed E-state index contributed by atoms with van der Waals surface area (Å²) >= 11 is 24.4. The van der Waals surface area contributed by atoms with E-state index in [-0.39, 0.29) is 99.8 Å². The molecule has 17 nitrogen and oxygen atoms in total. The van der Waals surface area contributed by atoms with Gasteiger partial charge in [-0.2, -0.15) is 0 Å². The predicted octanol–water partition coefficient (Wildman–Crippen LogP) is 15.8. The maximum absolute atomic E-state index is 13.9. The molecule has 0 saturated carbocycles. The predicted molar refractivity (Wildman–Crippen MR) is 364 cm³/mol. The number of hydrogen-bond donors (Lipinski definition) is 0. The molecule has 0 heterocycles. The first kappa shape index (κ1) is 74.5. The van der Waals surface area contributed by atoms with Gasteiger partial charge in [-0.25, -0.2) is 14.4 Å². The van der Waals surface area contributed by atoms with Crippen LogP contribution in [0.4, 0.5) is 0 Å². The second-order valence-electron chi connectivity index (χ2n) is 24.1. The van der Waals surface area contributed by atoms with E-state index in [0.29, 0.717) is 31.4 Å². The molecule has 0 aliphatic heterocycles. The molecule has 7 aromatic rings. The monoisotopic (exact) mass is 1390 g/mol. The Bertz CT molecular complexity index is 3710. The Morgan fingerprint density at radius 2 is 0.729 bits per heavy atom. The Balaban J connectivity index is 0.985. The van der Waals surface area contributed by atoms with Gasteiger partial charge in [0, 0.05) is 37.0 Å². The number of rotatable bonds is 35. The summed E-state index contributed by atoms with van der Waals surface area (Å²) in [6.45, 7) is 12.9. The van der Waals surface area contributed by atoms with Crippen LogP contribution in [0, 0.1) is 0 Å². The highest BCUT2D eigenvalue weighted by molar-refractivity contribution is 6.31. The van der Waals surface area contributed by atoms with Crippen LogP contribution in [-0.2, 0) is 74.6 Å². The molecule has 0 fully saturated rings. The van der Waals surface area contributed by atoms with Crippen LogP contribution in [-0.4, -0.2) is 99.7 Å². The van der Waals surface area contributed by atoms with Crippen LogP contribution in [0.1, 0.15) is 128 Å². The zero-order chi connectivity index (χ0) is 69.4. The maximum atomic E-state index is 13.9.